The Kier molecular flexibility index (Phi) is 7.48. The quantitative estimate of drug-likeness (QED) is 0.258. The topological polar surface area (TPSA) is 123 Å². The number of halogens is 2. The Morgan fingerprint density at radius 1 is 1.10 bits per heavy atom. The van der Waals surface area contributed by atoms with Crippen LogP contribution in [0.25, 0.3) is 33.4 Å². The van der Waals surface area contributed by atoms with Crippen LogP contribution >= 0.6 is 23.1 Å². The van der Waals surface area contributed by atoms with Gasteiger partial charge in [-0.25, -0.2) is 4.39 Å². The van der Waals surface area contributed by atoms with E-state index in [1.54, 1.807) is 47.4 Å². The first-order valence-corrected chi connectivity index (χ1v) is 14.2. The number of nitrogens with zero attached hydrogens (tertiary/aromatic N) is 6. The predicted octanol–water partition coefficient (Wildman–Crippen LogP) is 5.05. The van der Waals surface area contributed by atoms with Gasteiger partial charge in [-0.3, -0.25) is 19.7 Å². The molecular weight excluding hydrogens is 581 g/mol. The van der Waals surface area contributed by atoms with Gasteiger partial charge in [0.25, 0.3) is 0 Å². The first-order chi connectivity index (χ1) is 20.3. The van der Waals surface area contributed by atoms with Crippen LogP contribution in [0.2, 0.25) is 5.02 Å². The summed E-state index contributed by atoms with van der Waals surface area (Å²) in [6.45, 7) is 1.08. The molecule has 0 bridgehead atoms. The highest BCUT2D eigenvalue weighted by atomic mass is 35.5. The normalized spacial score (nSPS) is 16.6. The number of fused-ring (bicyclic) bond motifs is 1. The Hall–Kier alpha value is -4.55. The maximum absolute atomic E-state index is 14.6. The molecule has 1 aliphatic rings. The van der Waals surface area contributed by atoms with E-state index in [4.69, 9.17) is 11.6 Å². The molecule has 10 nitrogen and oxygen atoms in total. The van der Waals surface area contributed by atoms with Crippen LogP contribution < -0.4 is 5.32 Å². The summed E-state index contributed by atoms with van der Waals surface area (Å²) in [5.41, 5.74) is 3.48. The average Bonchev–Trinajstić information content (AvgIpc) is 3.70. The number of benzene rings is 2. The first-order valence-electron chi connectivity index (χ1n) is 13.0. The number of likely N-dealkylation sites (tertiary alicyclic amines) is 1. The molecule has 1 saturated heterocycles. The van der Waals surface area contributed by atoms with Crippen molar-refractivity contribution in [3.63, 3.8) is 0 Å². The molecule has 2 amide bonds. The summed E-state index contributed by atoms with van der Waals surface area (Å²) in [6.07, 6.45) is 3.34. The monoisotopic (exact) mass is 603 g/mol. The van der Waals surface area contributed by atoms with E-state index in [1.165, 1.54) is 11.8 Å². The second kappa shape index (κ2) is 11.4. The van der Waals surface area contributed by atoms with Crippen LogP contribution in [0.5, 0.6) is 0 Å². The van der Waals surface area contributed by atoms with Crippen LogP contribution in [0.3, 0.4) is 0 Å². The summed E-state index contributed by atoms with van der Waals surface area (Å²) in [4.78, 5) is 44.7. The van der Waals surface area contributed by atoms with Gasteiger partial charge in [0, 0.05) is 56.8 Å². The third-order valence-corrected chi connectivity index (χ3v) is 7.96. The Morgan fingerprint density at radius 2 is 1.95 bits per heavy atom. The fraction of sp³-hybridized carbons (Fsp3) is 0.207. The number of amides is 2. The zero-order valence-corrected chi connectivity index (χ0v) is 23.8. The number of ketones is 1. The number of aromatic nitrogens is 5. The molecule has 0 unspecified atom stereocenters. The van der Waals surface area contributed by atoms with Gasteiger partial charge in [0.1, 0.15) is 18.8 Å². The van der Waals surface area contributed by atoms with Gasteiger partial charge >= 0.3 is 0 Å². The van der Waals surface area contributed by atoms with Gasteiger partial charge in [0.05, 0.1) is 18.9 Å². The lowest BCUT2D eigenvalue weighted by atomic mass is 10.0. The van der Waals surface area contributed by atoms with E-state index in [1.807, 2.05) is 24.3 Å². The minimum Gasteiger partial charge on any atom is -0.337 e. The average molecular weight is 604 g/mol. The highest BCUT2D eigenvalue weighted by Gasteiger charge is 2.40. The molecule has 2 atom stereocenters. The van der Waals surface area contributed by atoms with Crippen LogP contribution in [0.1, 0.15) is 23.7 Å². The second-order valence-corrected chi connectivity index (χ2v) is 11.1. The molecule has 6 rings (SSSR count). The van der Waals surface area contributed by atoms with E-state index in [-0.39, 0.29) is 30.4 Å². The van der Waals surface area contributed by atoms with Gasteiger partial charge in [-0.15, -0.1) is 0 Å². The lowest BCUT2D eigenvalue weighted by Gasteiger charge is -2.23. The van der Waals surface area contributed by atoms with Gasteiger partial charge in [0.15, 0.2) is 11.6 Å². The highest BCUT2D eigenvalue weighted by molar-refractivity contribution is 7.10. The van der Waals surface area contributed by atoms with Gasteiger partial charge in [-0.05, 0) is 42.8 Å². The molecule has 0 radical (unpaired) electrons. The fourth-order valence-electron chi connectivity index (χ4n) is 5.10. The fourth-order valence-corrected chi connectivity index (χ4v) is 5.89. The summed E-state index contributed by atoms with van der Waals surface area (Å²) in [7, 11) is 0. The molecule has 3 aromatic heterocycles. The molecule has 0 saturated carbocycles. The number of rotatable bonds is 7. The van der Waals surface area contributed by atoms with Crippen LogP contribution in [-0.2, 0) is 16.1 Å². The van der Waals surface area contributed by atoms with Crippen molar-refractivity contribution in [2.24, 2.45) is 0 Å². The molecule has 1 aliphatic heterocycles. The Morgan fingerprint density at radius 3 is 2.71 bits per heavy atom. The minimum atomic E-state index is -1.35. The van der Waals surface area contributed by atoms with Crippen molar-refractivity contribution in [3.05, 3.63) is 77.7 Å². The van der Waals surface area contributed by atoms with Crippen LogP contribution in [0.15, 0.2) is 67.1 Å². The molecule has 13 heteroatoms. The number of nitrogens with one attached hydrogen (secondary N) is 1. The molecule has 0 aliphatic carbocycles. The van der Waals surface area contributed by atoms with Crippen molar-refractivity contribution in [1.82, 2.24) is 29.0 Å². The number of carbonyl (C=O) groups is 3. The second-order valence-electron chi connectivity index (χ2n) is 9.91. The third kappa shape index (κ3) is 5.50. The zero-order chi connectivity index (χ0) is 29.4. The van der Waals surface area contributed by atoms with Gasteiger partial charge in [-0.2, -0.15) is 19.6 Å². The molecule has 42 heavy (non-hydrogen) atoms. The lowest BCUT2D eigenvalue weighted by molar-refractivity contribution is -0.137. The molecule has 212 valence electrons. The van der Waals surface area contributed by atoms with Crippen LogP contribution in [0, 0.1) is 0 Å². The molecular formula is C29H23ClFN7O3S. The largest absolute Gasteiger partial charge is 0.337 e. The summed E-state index contributed by atoms with van der Waals surface area (Å²) < 4.78 is 20.5. The van der Waals surface area contributed by atoms with E-state index >= 15 is 0 Å². The van der Waals surface area contributed by atoms with Gasteiger partial charge < -0.3 is 9.47 Å². The smallest absolute Gasteiger partial charge is 0.249 e. The van der Waals surface area contributed by atoms with E-state index in [9.17, 15) is 18.8 Å². The third-order valence-electron chi connectivity index (χ3n) is 7.10. The van der Waals surface area contributed by atoms with Crippen LogP contribution in [0.4, 0.5) is 9.52 Å². The number of carbonyl (C=O) groups excluding carboxylic acids is 3. The first kappa shape index (κ1) is 27.6. The summed E-state index contributed by atoms with van der Waals surface area (Å²) in [5.74, 6) is -0.756. The zero-order valence-electron chi connectivity index (χ0n) is 22.2. The van der Waals surface area contributed by atoms with E-state index < -0.39 is 24.0 Å². The molecule has 5 aromatic rings. The van der Waals surface area contributed by atoms with Crippen LogP contribution in [-0.4, -0.2) is 65.4 Å². The number of alkyl halides is 1. The van der Waals surface area contributed by atoms with Crippen molar-refractivity contribution in [1.29, 1.82) is 0 Å². The summed E-state index contributed by atoms with van der Waals surface area (Å²) in [6, 6.07) is 13.4. The Balaban J connectivity index is 1.21. The highest BCUT2D eigenvalue weighted by Crippen LogP contribution is 2.30. The number of anilines is 1. The predicted molar refractivity (Wildman–Crippen MR) is 157 cm³/mol. The van der Waals surface area contributed by atoms with Crippen molar-refractivity contribution in [2.75, 3.05) is 11.9 Å². The Labute approximate surface area is 248 Å². The molecule has 4 heterocycles. The van der Waals surface area contributed by atoms with Crippen molar-refractivity contribution in [2.45, 2.75) is 32.1 Å². The van der Waals surface area contributed by atoms with Crippen molar-refractivity contribution in [3.8, 4) is 22.5 Å². The van der Waals surface area contributed by atoms with E-state index in [2.05, 4.69) is 24.9 Å². The minimum absolute atomic E-state index is 0.133. The van der Waals surface area contributed by atoms with Crippen molar-refractivity contribution >= 4 is 56.8 Å². The van der Waals surface area contributed by atoms with Crippen molar-refractivity contribution < 1.29 is 18.8 Å². The maximum Gasteiger partial charge on any atom is 0.249 e. The SMILES string of the molecule is CC(=O)c1cn(CC(=O)N2C[C@H](F)C[C@H]2C(=O)Nc2nc(-c3cccc(Cl)c3)ns2)c2ccc(-c3ccnnc3)cc12. The molecule has 1 N–H and O–H groups in total. The Bertz CT molecular complexity index is 1830. The maximum atomic E-state index is 14.6. The molecule has 1 fully saturated rings. The molecule has 2 aromatic carbocycles. The molecule has 0 spiro atoms. The van der Waals surface area contributed by atoms with E-state index in [0.717, 1.165) is 22.7 Å². The van der Waals surface area contributed by atoms with Gasteiger partial charge in [-0.1, -0.05) is 29.8 Å². The lowest BCUT2D eigenvalue weighted by Crippen LogP contribution is -2.44. The summed E-state index contributed by atoms with van der Waals surface area (Å²) >= 11 is 7.03. The number of hydrogen-bond donors (Lipinski definition) is 1. The number of Topliss-reactive ketones (excluding diaryl/α,β-unsaturated/α-hetero) is 1. The van der Waals surface area contributed by atoms with Gasteiger partial charge in [0.2, 0.25) is 16.9 Å². The van der Waals surface area contributed by atoms with E-state index in [0.29, 0.717) is 32.9 Å². The standard InChI is InChI=1S/C29H23ClFN7O3S/c1-16(39)23-14-37(24-6-5-17(10-22(23)24)19-7-8-32-33-12-19)15-26(40)38-13-21(31)11-25(38)28(41)35-29-34-27(36-42-29)18-3-2-4-20(30)9-18/h2-10,12,14,21,25H,11,13,15H2,1H3,(H,34,35,36,41)/t21-,25+/m1/s1. The number of hydrogen-bond acceptors (Lipinski definition) is 8. The summed E-state index contributed by atoms with van der Waals surface area (Å²) in [5, 5.41) is 11.8.